The lowest BCUT2D eigenvalue weighted by atomic mass is 10.2. The summed E-state index contributed by atoms with van der Waals surface area (Å²) in [4.78, 5) is 20.5. The van der Waals surface area contributed by atoms with E-state index in [1.54, 1.807) is 12.1 Å². The van der Waals surface area contributed by atoms with Gasteiger partial charge in [0.25, 0.3) is 0 Å². The summed E-state index contributed by atoms with van der Waals surface area (Å²) in [6.07, 6.45) is 0.781. The fourth-order valence-electron chi connectivity index (χ4n) is 3.57. The molecule has 3 atom stereocenters. The van der Waals surface area contributed by atoms with Crippen LogP contribution in [0.5, 0.6) is 0 Å². The van der Waals surface area contributed by atoms with Crippen molar-refractivity contribution < 1.29 is 13.6 Å². The molecule has 0 aliphatic heterocycles. The number of amides is 1. The average molecular weight is 363 g/mol. The molecule has 0 saturated heterocycles. The maximum atomic E-state index is 13.3. The second-order valence-corrected chi connectivity index (χ2v) is 7.15. The fourth-order valence-corrected chi connectivity index (χ4v) is 3.57. The Hall–Kier alpha value is -3.15. The van der Waals surface area contributed by atoms with Crippen LogP contribution in [0.1, 0.15) is 36.9 Å². The summed E-state index contributed by atoms with van der Waals surface area (Å²) in [5, 5.41) is 3.69. The van der Waals surface area contributed by atoms with E-state index in [-0.39, 0.29) is 29.6 Å². The lowest BCUT2D eigenvalue weighted by Crippen LogP contribution is -2.28. The zero-order chi connectivity index (χ0) is 18.5. The zero-order valence-corrected chi connectivity index (χ0v) is 14.7. The van der Waals surface area contributed by atoms with Gasteiger partial charge in [0, 0.05) is 17.2 Å². The van der Waals surface area contributed by atoms with E-state index in [1.807, 2.05) is 31.2 Å². The molecule has 2 heterocycles. The highest BCUT2D eigenvalue weighted by molar-refractivity contribution is 5.84. The molecule has 0 unspecified atom stereocenters. The van der Waals surface area contributed by atoms with Gasteiger partial charge in [-0.2, -0.15) is 0 Å². The van der Waals surface area contributed by atoms with Gasteiger partial charge in [-0.25, -0.2) is 9.37 Å². The fraction of sp³-hybridized carbons (Fsp3) is 0.238. The molecule has 4 aromatic rings. The van der Waals surface area contributed by atoms with E-state index in [9.17, 15) is 9.18 Å². The van der Waals surface area contributed by atoms with Crippen LogP contribution in [0.2, 0.25) is 0 Å². The minimum Gasteiger partial charge on any atom is -0.459 e. The van der Waals surface area contributed by atoms with Crippen LogP contribution in [0.3, 0.4) is 0 Å². The van der Waals surface area contributed by atoms with E-state index in [0.717, 1.165) is 23.3 Å². The SMILES string of the molecule is C[C@H](NC(=O)[C@H]1C[C@@H]1c1nc2ccccc2[nH]1)c1cc2cc(F)ccc2o1. The van der Waals surface area contributed by atoms with E-state index in [0.29, 0.717) is 16.7 Å². The van der Waals surface area contributed by atoms with Crippen molar-refractivity contribution in [2.24, 2.45) is 5.92 Å². The van der Waals surface area contributed by atoms with Gasteiger partial charge in [0.15, 0.2) is 0 Å². The second kappa shape index (κ2) is 5.94. The Bertz CT molecular complexity index is 1130. The maximum Gasteiger partial charge on any atom is 0.224 e. The number of halogens is 1. The topological polar surface area (TPSA) is 70.9 Å². The largest absolute Gasteiger partial charge is 0.459 e. The number of carbonyl (C=O) groups excluding carboxylic acids is 1. The zero-order valence-electron chi connectivity index (χ0n) is 14.7. The van der Waals surface area contributed by atoms with Crippen LogP contribution < -0.4 is 5.32 Å². The Balaban J connectivity index is 1.28. The molecule has 5 nitrogen and oxygen atoms in total. The van der Waals surface area contributed by atoms with Crippen LogP contribution in [-0.2, 0) is 4.79 Å². The van der Waals surface area contributed by atoms with Gasteiger partial charge in [0.2, 0.25) is 5.91 Å². The number of fused-ring (bicyclic) bond motifs is 2. The average Bonchev–Trinajstić information content (AvgIpc) is 3.16. The summed E-state index contributed by atoms with van der Waals surface area (Å²) in [7, 11) is 0. The number of carbonyl (C=O) groups is 1. The third-order valence-electron chi connectivity index (χ3n) is 5.17. The number of hydrogen-bond acceptors (Lipinski definition) is 3. The number of H-pyrrole nitrogens is 1. The van der Waals surface area contributed by atoms with E-state index >= 15 is 0 Å². The molecule has 5 rings (SSSR count). The van der Waals surface area contributed by atoms with Gasteiger partial charge in [0.05, 0.1) is 17.1 Å². The number of benzene rings is 2. The number of hydrogen-bond donors (Lipinski definition) is 2. The maximum absolute atomic E-state index is 13.3. The normalized spacial score (nSPS) is 20.1. The van der Waals surface area contributed by atoms with Crippen molar-refractivity contribution in [3.05, 3.63) is 65.9 Å². The predicted molar refractivity (Wildman–Crippen MR) is 99.7 cm³/mol. The number of nitrogens with zero attached hydrogens (tertiary/aromatic N) is 1. The first-order valence-corrected chi connectivity index (χ1v) is 9.02. The van der Waals surface area contributed by atoms with Gasteiger partial charge in [0.1, 0.15) is 23.0 Å². The number of nitrogens with one attached hydrogen (secondary N) is 2. The summed E-state index contributed by atoms with van der Waals surface area (Å²) in [6, 6.07) is 13.7. The summed E-state index contributed by atoms with van der Waals surface area (Å²) in [5.41, 5.74) is 2.52. The van der Waals surface area contributed by atoms with Gasteiger partial charge in [-0.1, -0.05) is 12.1 Å². The minimum absolute atomic E-state index is 0.0143. The molecule has 0 spiro atoms. The smallest absolute Gasteiger partial charge is 0.224 e. The number of aromatic amines is 1. The van der Waals surface area contributed by atoms with Crippen LogP contribution in [0.25, 0.3) is 22.0 Å². The molecule has 27 heavy (non-hydrogen) atoms. The Morgan fingerprint density at radius 2 is 2.15 bits per heavy atom. The number of rotatable bonds is 4. The third-order valence-corrected chi connectivity index (χ3v) is 5.17. The number of para-hydroxylation sites is 2. The Morgan fingerprint density at radius 3 is 3.00 bits per heavy atom. The van der Waals surface area contributed by atoms with Crippen molar-refractivity contribution >= 4 is 27.9 Å². The van der Waals surface area contributed by atoms with E-state index < -0.39 is 0 Å². The molecule has 1 amide bonds. The quantitative estimate of drug-likeness (QED) is 0.563. The highest BCUT2D eigenvalue weighted by atomic mass is 19.1. The summed E-state index contributed by atoms with van der Waals surface area (Å²) in [5.74, 6) is 1.19. The van der Waals surface area contributed by atoms with Crippen LogP contribution in [0, 0.1) is 11.7 Å². The Morgan fingerprint density at radius 1 is 1.30 bits per heavy atom. The monoisotopic (exact) mass is 363 g/mol. The summed E-state index contributed by atoms with van der Waals surface area (Å²) in [6.45, 7) is 1.87. The van der Waals surface area contributed by atoms with Gasteiger partial charge in [-0.3, -0.25) is 4.79 Å². The van der Waals surface area contributed by atoms with Crippen LogP contribution in [-0.4, -0.2) is 15.9 Å². The highest BCUT2D eigenvalue weighted by Crippen LogP contribution is 2.47. The molecule has 2 N–H and O–H groups in total. The van der Waals surface area contributed by atoms with E-state index in [1.165, 1.54) is 12.1 Å². The van der Waals surface area contributed by atoms with Gasteiger partial charge >= 0.3 is 0 Å². The first-order chi connectivity index (χ1) is 13.1. The Labute approximate surface area is 154 Å². The molecule has 1 aliphatic carbocycles. The first-order valence-electron chi connectivity index (χ1n) is 9.02. The number of furan rings is 1. The molecule has 0 radical (unpaired) electrons. The molecule has 136 valence electrons. The van der Waals surface area contributed by atoms with Gasteiger partial charge in [-0.15, -0.1) is 0 Å². The molecule has 0 bridgehead atoms. The van der Waals surface area contributed by atoms with Crippen molar-refractivity contribution in [3.63, 3.8) is 0 Å². The minimum atomic E-state index is -0.307. The second-order valence-electron chi connectivity index (χ2n) is 7.15. The molecule has 1 aliphatic rings. The molecule has 1 fully saturated rings. The first kappa shape index (κ1) is 16.1. The molecule has 6 heteroatoms. The number of imidazole rings is 1. The molecule has 2 aromatic heterocycles. The van der Waals surface area contributed by atoms with Crippen molar-refractivity contribution in [3.8, 4) is 0 Å². The standard InChI is InChI=1S/C21H18FN3O2/c1-11(19-9-12-8-13(22)6-7-18(12)27-19)23-21(26)15-10-14(15)20-24-16-4-2-3-5-17(16)25-20/h2-9,11,14-15H,10H2,1H3,(H,23,26)(H,24,25)/t11-,14-,15-/m0/s1. The van der Waals surface area contributed by atoms with Crippen LogP contribution in [0.15, 0.2) is 52.9 Å². The molecular formula is C21H18FN3O2. The highest BCUT2D eigenvalue weighted by Gasteiger charge is 2.46. The van der Waals surface area contributed by atoms with E-state index in [2.05, 4.69) is 15.3 Å². The number of aromatic nitrogens is 2. The molecule has 1 saturated carbocycles. The van der Waals surface area contributed by atoms with Crippen molar-refractivity contribution in [1.82, 2.24) is 15.3 Å². The van der Waals surface area contributed by atoms with E-state index in [4.69, 9.17) is 4.42 Å². The Kier molecular flexibility index (Phi) is 3.53. The summed E-state index contributed by atoms with van der Waals surface area (Å²) >= 11 is 0. The third kappa shape index (κ3) is 2.87. The molecular weight excluding hydrogens is 345 g/mol. The molecule has 2 aromatic carbocycles. The summed E-state index contributed by atoms with van der Waals surface area (Å²) < 4.78 is 19.1. The van der Waals surface area contributed by atoms with Crippen molar-refractivity contribution in [1.29, 1.82) is 0 Å². The predicted octanol–water partition coefficient (Wildman–Crippen LogP) is 4.43. The lowest BCUT2D eigenvalue weighted by Gasteiger charge is -2.11. The van der Waals surface area contributed by atoms with Crippen LogP contribution >= 0.6 is 0 Å². The van der Waals surface area contributed by atoms with Crippen molar-refractivity contribution in [2.45, 2.75) is 25.3 Å². The van der Waals surface area contributed by atoms with Gasteiger partial charge in [-0.05, 0) is 49.7 Å². The van der Waals surface area contributed by atoms with Crippen LogP contribution in [0.4, 0.5) is 4.39 Å². The van der Waals surface area contributed by atoms with Crippen molar-refractivity contribution in [2.75, 3.05) is 0 Å². The van der Waals surface area contributed by atoms with Gasteiger partial charge < -0.3 is 14.7 Å². The lowest BCUT2D eigenvalue weighted by molar-refractivity contribution is -0.123.